The van der Waals surface area contributed by atoms with Gasteiger partial charge in [0, 0.05) is 30.5 Å². The third-order valence-electron chi connectivity index (χ3n) is 5.00. The first-order valence-electron chi connectivity index (χ1n) is 8.81. The van der Waals surface area contributed by atoms with E-state index in [0.29, 0.717) is 18.0 Å². The fourth-order valence-electron chi connectivity index (χ4n) is 3.61. The van der Waals surface area contributed by atoms with Crippen LogP contribution < -0.4 is 0 Å². The van der Waals surface area contributed by atoms with Crippen molar-refractivity contribution in [3.05, 3.63) is 83.2 Å². The first kappa shape index (κ1) is 17.0. The topological polar surface area (TPSA) is 46.6 Å². The Morgan fingerprint density at radius 3 is 2.58 bits per heavy atom. The van der Waals surface area contributed by atoms with Crippen LogP contribution in [0, 0.1) is 0 Å². The van der Waals surface area contributed by atoms with Gasteiger partial charge >= 0.3 is 0 Å². The smallest absolute Gasteiger partial charge is 0.230 e. The van der Waals surface area contributed by atoms with Crippen LogP contribution in [0.15, 0.2) is 69.9 Å². The summed E-state index contributed by atoms with van der Waals surface area (Å²) in [6, 6.07) is 15.1. The number of carbonyl (C=O) groups is 1. The van der Waals surface area contributed by atoms with Crippen molar-refractivity contribution < 1.29 is 13.6 Å². The lowest BCUT2D eigenvalue weighted by atomic mass is 9.93. The molecular formula is C21H20ClNO3. The molecule has 2 unspecified atom stereocenters. The molecule has 1 aromatic carbocycles. The van der Waals surface area contributed by atoms with Gasteiger partial charge in [0.25, 0.3) is 0 Å². The Morgan fingerprint density at radius 1 is 1.12 bits per heavy atom. The minimum Gasteiger partial charge on any atom is -0.469 e. The number of benzene rings is 1. The van der Waals surface area contributed by atoms with Gasteiger partial charge in [-0.25, -0.2) is 0 Å². The Hall–Kier alpha value is -2.46. The summed E-state index contributed by atoms with van der Waals surface area (Å²) >= 11 is 6.02. The number of amides is 1. The number of hydrogen-bond acceptors (Lipinski definition) is 3. The van der Waals surface area contributed by atoms with Crippen molar-refractivity contribution in [2.24, 2.45) is 0 Å². The predicted molar refractivity (Wildman–Crippen MR) is 99.3 cm³/mol. The Bertz CT molecular complexity index is 840. The van der Waals surface area contributed by atoms with E-state index in [1.807, 2.05) is 53.4 Å². The second-order valence-electron chi connectivity index (χ2n) is 6.67. The maximum absolute atomic E-state index is 13.3. The molecule has 134 valence electrons. The van der Waals surface area contributed by atoms with E-state index >= 15 is 0 Å². The fraction of sp³-hybridized carbons (Fsp3) is 0.286. The van der Waals surface area contributed by atoms with Gasteiger partial charge < -0.3 is 13.7 Å². The standard InChI is InChI=1S/C21H20ClNO3/c22-17-7-5-15(6-8-17)19(13-18-3-1-11-25-18)21(24)23-10-9-16(14-23)20-4-2-12-26-20/h1-8,11-12,16,19H,9-10,13-14H2. The molecule has 0 spiro atoms. The summed E-state index contributed by atoms with van der Waals surface area (Å²) in [7, 11) is 0. The van der Waals surface area contributed by atoms with E-state index in [1.165, 1.54) is 0 Å². The van der Waals surface area contributed by atoms with Crippen LogP contribution in [-0.4, -0.2) is 23.9 Å². The molecule has 0 saturated carbocycles. The van der Waals surface area contributed by atoms with Crippen molar-refractivity contribution in [2.45, 2.75) is 24.7 Å². The summed E-state index contributed by atoms with van der Waals surface area (Å²) in [4.78, 5) is 15.2. The van der Waals surface area contributed by atoms with E-state index < -0.39 is 0 Å². The zero-order valence-corrected chi connectivity index (χ0v) is 15.1. The highest BCUT2D eigenvalue weighted by molar-refractivity contribution is 6.30. The number of carbonyl (C=O) groups excluding carboxylic acids is 1. The first-order valence-corrected chi connectivity index (χ1v) is 9.18. The molecule has 5 heteroatoms. The highest BCUT2D eigenvalue weighted by Gasteiger charge is 2.33. The second-order valence-corrected chi connectivity index (χ2v) is 7.11. The lowest BCUT2D eigenvalue weighted by Gasteiger charge is -2.23. The minimum atomic E-state index is -0.284. The van der Waals surface area contributed by atoms with E-state index in [1.54, 1.807) is 12.5 Å². The van der Waals surface area contributed by atoms with Crippen LogP contribution >= 0.6 is 11.6 Å². The Kier molecular flexibility index (Phi) is 4.85. The zero-order valence-electron chi connectivity index (χ0n) is 14.3. The molecule has 1 saturated heterocycles. The SMILES string of the molecule is O=C(C(Cc1ccco1)c1ccc(Cl)cc1)N1CCC(c2ccco2)C1. The number of likely N-dealkylation sites (tertiary alicyclic amines) is 1. The predicted octanol–water partition coefficient (Wildman–Crippen LogP) is 4.87. The molecule has 1 fully saturated rings. The Balaban J connectivity index is 1.55. The van der Waals surface area contributed by atoms with E-state index in [4.69, 9.17) is 20.4 Å². The highest BCUT2D eigenvalue weighted by atomic mass is 35.5. The number of hydrogen-bond donors (Lipinski definition) is 0. The molecule has 2 atom stereocenters. The van der Waals surface area contributed by atoms with Crippen molar-refractivity contribution >= 4 is 17.5 Å². The lowest BCUT2D eigenvalue weighted by Crippen LogP contribution is -2.34. The Morgan fingerprint density at radius 2 is 1.88 bits per heavy atom. The third kappa shape index (κ3) is 3.56. The summed E-state index contributed by atoms with van der Waals surface area (Å²) < 4.78 is 11.0. The summed E-state index contributed by atoms with van der Waals surface area (Å²) in [5, 5.41) is 0.664. The largest absolute Gasteiger partial charge is 0.469 e. The molecule has 1 aliphatic heterocycles. The van der Waals surface area contributed by atoms with Crippen LogP contribution in [0.5, 0.6) is 0 Å². The van der Waals surface area contributed by atoms with Gasteiger partial charge in [0.1, 0.15) is 11.5 Å². The maximum Gasteiger partial charge on any atom is 0.230 e. The molecule has 3 heterocycles. The van der Waals surface area contributed by atoms with Crippen molar-refractivity contribution in [3.8, 4) is 0 Å². The molecule has 0 N–H and O–H groups in total. The summed E-state index contributed by atoms with van der Waals surface area (Å²) in [6.45, 7) is 1.43. The quantitative estimate of drug-likeness (QED) is 0.644. The van der Waals surface area contributed by atoms with Gasteiger partial charge in [-0.15, -0.1) is 0 Å². The van der Waals surface area contributed by atoms with Crippen LogP contribution in [0.2, 0.25) is 5.02 Å². The molecule has 0 radical (unpaired) electrons. The monoisotopic (exact) mass is 369 g/mol. The van der Waals surface area contributed by atoms with Crippen molar-refractivity contribution in [1.82, 2.24) is 4.90 Å². The van der Waals surface area contributed by atoms with Crippen LogP contribution in [-0.2, 0) is 11.2 Å². The molecule has 1 amide bonds. The van der Waals surface area contributed by atoms with Gasteiger partial charge in [0.15, 0.2) is 0 Å². The van der Waals surface area contributed by atoms with Crippen LogP contribution in [0.1, 0.15) is 35.3 Å². The first-order chi connectivity index (χ1) is 12.7. The van der Waals surface area contributed by atoms with Gasteiger partial charge in [0.2, 0.25) is 5.91 Å². The van der Waals surface area contributed by atoms with Crippen molar-refractivity contribution in [3.63, 3.8) is 0 Å². The van der Waals surface area contributed by atoms with Crippen LogP contribution in [0.3, 0.4) is 0 Å². The zero-order chi connectivity index (χ0) is 17.9. The van der Waals surface area contributed by atoms with Gasteiger partial charge in [-0.3, -0.25) is 4.79 Å². The molecule has 0 bridgehead atoms. The van der Waals surface area contributed by atoms with Crippen molar-refractivity contribution in [1.29, 1.82) is 0 Å². The second kappa shape index (κ2) is 7.42. The van der Waals surface area contributed by atoms with E-state index in [0.717, 1.165) is 30.0 Å². The molecule has 1 aliphatic rings. The number of nitrogens with zero attached hydrogens (tertiary/aromatic N) is 1. The average molecular weight is 370 g/mol. The molecule has 26 heavy (non-hydrogen) atoms. The number of rotatable bonds is 5. The highest BCUT2D eigenvalue weighted by Crippen LogP contribution is 2.31. The average Bonchev–Trinajstić information content (AvgIpc) is 3.42. The molecule has 4 rings (SSSR count). The van der Waals surface area contributed by atoms with E-state index in [-0.39, 0.29) is 17.7 Å². The summed E-state index contributed by atoms with van der Waals surface area (Å²) in [5.74, 6) is 1.87. The van der Waals surface area contributed by atoms with Crippen LogP contribution in [0.4, 0.5) is 0 Å². The number of furan rings is 2. The van der Waals surface area contributed by atoms with Crippen molar-refractivity contribution in [2.75, 3.05) is 13.1 Å². The van der Waals surface area contributed by atoms with Gasteiger partial charge in [0.05, 0.1) is 18.4 Å². The van der Waals surface area contributed by atoms with Gasteiger partial charge in [-0.1, -0.05) is 23.7 Å². The van der Waals surface area contributed by atoms with E-state index in [9.17, 15) is 4.79 Å². The fourth-order valence-corrected chi connectivity index (χ4v) is 3.74. The molecule has 3 aromatic rings. The summed E-state index contributed by atoms with van der Waals surface area (Å²) in [6.07, 6.45) is 4.79. The van der Waals surface area contributed by atoms with E-state index in [2.05, 4.69) is 0 Å². The molecular weight excluding hydrogens is 350 g/mol. The van der Waals surface area contributed by atoms with Gasteiger partial charge in [-0.05, 0) is 48.4 Å². The lowest BCUT2D eigenvalue weighted by molar-refractivity contribution is -0.131. The number of halogens is 1. The summed E-state index contributed by atoms with van der Waals surface area (Å²) in [5.41, 5.74) is 0.956. The van der Waals surface area contributed by atoms with Gasteiger partial charge in [-0.2, -0.15) is 0 Å². The minimum absolute atomic E-state index is 0.123. The molecule has 0 aliphatic carbocycles. The maximum atomic E-state index is 13.3. The normalized spacial score (nSPS) is 18.2. The molecule has 4 nitrogen and oxygen atoms in total. The molecule has 2 aromatic heterocycles. The third-order valence-corrected chi connectivity index (χ3v) is 5.25. The Labute approximate surface area is 157 Å². The van der Waals surface area contributed by atoms with Crippen LogP contribution in [0.25, 0.3) is 0 Å².